The molecule has 1 aliphatic rings. The highest BCUT2D eigenvalue weighted by molar-refractivity contribution is 5.86. The Morgan fingerprint density at radius 3 is 2.60 bits per heavy atom. The van der Waals surface area contributed by atoms with Gasteiger partial charge in [-0.05, 0) is 19.4 Å². The van der Waals surface area contributed by atoms with Crippen LogP contribution in [0.4, 0.5) is 11.9 Å². The van der Waals surface area contributed by atoms with E-state index in [1.807, 2.05) is 11.9 Å². The van der Waals surface area contributed by atoms with Crippen LogP contribution in [-0.2, 0) is 0 Å². The first kappa shape index (κ1) is 12.5. The summed E-state index contributed by atoms with van der Waals surface area (Å²) in [5.41, 5.74) is 9.10. The van der Waals surface area contributed by atoms with E-state index in [0.29, 0.717) is 5.95 Å². The summed E-state index contributed by atoms with van der Waals surface area (Å²) in [4.78, 5) is 12.1. The van der Waals surface area contributed by atoms with Crippen molar-refractivity contribution >= 4 is 17.6 Å². The highest BCUT2D eigenvalue weighted by atomic mass is 15.5. The Kier molecular flexibility index (Phi) is 3.06. The van der Waals surface area contributed by atoms with Crippen LogP contribution in [0.1, 0.15) is 30.5 Å². The molecule has 0 saturated carbocycles. The smallest absolute Gasteiger partial charge is 0.251 e. The van der Waals surface area contributed by atoms with Gasteiger partial charge < -0.3 is 5.73 Å². The second-order valence-corrected chi connectivity index (χ2v) is 4.95. The number of hydrogen-bond donors (Lipinski definition) is 1. The van der Waals surface area contributed by atoms with Gasteiger partial charge in [0.2, 0.25) is 5.95 Å². The fourth-order valence-electron chi connectivity index (χ4n) is 2.30. The van der Waals surface area contributed by atoms with Crippen molar-refractivity contribution in [1.29, 1.82) is 0 Å². The molecule has 3 rings (SSSR count). The molecule has 0 aliphatic carbocycles. The molecule has 0 fully saturated rings. The number of rotatable bonds is 2. The summed E-state index contributed by atoms with van der Waals surface area (Å²) in [5, 5.41) is 6.34. The molecule has 6 heteroatoms. The first-order valence-electron chi connectivity index (χ1n) is 6.48. The SMILES string of the molecule is CC1=NN(c2ncnc(N)n2)C(c2ccc(C)cc2)C1. The van der Waals surface area contributed by atoms with Crippen LogP contribution in [0.15, 0.2) is 35.7 Å². The lowest BCUT2D eigenvalue weighted by molar-refractivity contribution is 0.684. The molecule has 2 N–H and O–H groups in total. The van der Waals surface area contributed by atoms with E-state index in [2.05, 4.69) is 51.2 Å². The molecule has 1 atom stereocenters. The quantitative estimate of drug-likeness (QED) is 0.902. The maximum absolute atomic E-state index is 5.63. The van der Waals surface area contributed by atoms with E-state index in [4.69, 9.17) is 5.73 Å². The average Bonchev–Trinajstić information content (AvgIpc) is 2.82. The van der Waals surface area contributed by atoms with Gasteiger partial charge in [-0.25, -0.2) is 9.99 Å². The van der Waals surface area contributed by atoms with Crippen LogP contribution in [0.3, 0.4) is 0 Å². The minimum atomic E-state index is 0.109. The molecule has 0 spiro atoms. The van der Waals surface area contributed by atoms with Crippen LogP contribution in [0.25, 0.3) is 0 Å². The maximum atomic E-state index is 5.63. The summed E-state index contributed by atoms with van der Waals surface area (Å²) in [5.74, 6) is 0.692. The molecule has 0 bridgehead atoms. The molecule has 20 heavy (non-hydrogen) atoms. The van der Waals surface area contributed by atoms with Gasteiger partial charge in [0.25, 0.3) is 5.95 Å². The summed E-state index contributed by atoms with van der Waals surface area (Å²) in [7, 11) is 0. The number of anilines is 2. The molecule has 0 saturated heterocycles. The summed E-state index contributed by atoms with van der Waals surface area (Å²) in [6.07, 6.45) is 2.27. The lowest BCUT2D eigenvalue weighted by atomic mass is 10.0. The van der Waals surface area contributed by atoms with Crippen molar-refractivity contribution in [3.05, 3.63) is 41.7 Å². The van der Waals surface area contributed by atoms with Crippen molar-refractivity contribution < 1.29 is 0 Å². The van der Waals surface area contributed by atoms with Gasteiger partial charge in [-0.15, -0.1) is 0 Å². The van der Waals surface area contributed by atoms with Crippen LogP contribution >= 0.6 is 0 Å². The van der Waals surface area contributed by atoms with Crippen molar-refractivity contribution in [2.24, 2.45) is 5.10 Å². The zero-order chi connectivity index (χ0) is 14.1. The van der Waals surface area contributed by atoms with Gasteiger partial charge >= 0.3 is 0 Å². The lowest BCUT2D eigenvalue weighted by Crippen LogP contribution is -2.21. The number of hydrogen-bond acceptors (Lipinski definition) is 6. The molecule has 1 aromatic heterocycles. The van der Waals surface area contributed by atoms with Crippen LogP contribution in [0.2, 0.25) is 0 Å². The fourth-order valence-corrected chi connectivity index (χ4v) is 2.30. The molecular weight excluding hydrogens is 252 g/mol. The zero-order valence-corrected chi connectivity index (χ0v) is 11.5. The number of aromatic nitrogens is 3. The van der Waals surface area contributed by atoms with Gasteiger partial charge in [0, 0.05) is 12.1 Å². The highest BCUT2D eigenvalue weighted by Crippen LogP contribution is 2.33. The van der Waals surface area contributed by atoms with E-state index < -0.39 is 0 Å². The van der Waals surface area contributed by atoms with Crippen molar-refractivity contribution in [3.63, 3.8) is 0 Å². The van der Waals surface area contributed by atoms with Crippen LogP contribution in [-0.4, -0.2) is 20.7 Å². The standard InChI is InChI=1S/C14H16N6/c1-9-3-5-11(6-4-9)12-7-10(2)19-20(12)14-17-8-16-13(15)18-14/h3-6,8,12H,7H2,1-2H3,(H2,15,16,17,18). The third-order valence-electron chi connectivity index (χ3n) is 3.31. The van der Waals surface area contributed by atoms with E-state index in [1.54, 1.807) is 0 Å². The minimum Gasteiger partial charge on any atom is -0.368 e. The fraction of sp³-hybridized carbons (Fsp3) is 0.286. The average molecular weight is 268 g/mol. The number of nitrogens with two attached hydrogens (primary N) is 1. The molecule has 0 amide bonds. The molecule has 1 aliphatic heterocycles. The molecule has 2 aromatic rings. The number of benzene rings is 1. The molecule has 2 heterocycles. The first-order chi connectivity index (χ1) is 9.63. The molecule has 1 aromatic carbocycles. The lowest BCUT2D eigenvalue weighted by Gasteiger charge is -2.21. The third-order valence-corrected chi connectivity index (χ3v) is 3.31. The number of nitrogens with zero attached hydrogens (tertiary/aromatic N) is 5. The summed E-state index contributed by atoms with van der Waals surface area (Å²) in [6.45, 7) is 4.08. The number of nitrogen functional groups attached to an aromatic ring is 1. The summed E-state index contributed by atoms with van der Waals surface area (Å²) in [6, 6.07) is 8.54. The zero-order valence-electron chi connectivity index (χ0n) is 11.5. The topological polar surface area (TPSA) is 80.3 Å². The maximum Gasteiger partial charge on any atom is 0.251 e. The monoisotopic (exact) mass is 268 g/mol. The van der Waals surface area contributed by atoms with E-state index in [-0.39, 0.29) is 12.0 Å². The normalized spacial score (nSPS) is 18.2. The van der Waals surface area contributed by atoms with Gasteiger partial charge in [-0.3, -0.25) is 0 Å². The number of hydrazone groups is 1. The molecule has 6 nitrogen and oxygen atoms in total. The van der Waals surface area contributed by atoms with Crippen molar-refractivity contribution in [2.75, 3.05) is 10.7 Å². The van der Waals surface area contributed by atoms with Crippen LogP contribution < -0.4 is 10.7 Å². The largest absolute Gasteiger partial charge is 0.368 e. The highest BCUT2D eigenvalue weighted by Gasteiger charge is 2.29. The van der Waals surface area contributed by atoms with E-state index in [9.17, 15) is 0 Å². The Labute approximate surface area is 117 Å². The molecule has 102 valence electrons. The Hall–Kier alpha value is -2.50. The predicted octanol–water partition coefficient (Wildman–Crippen LogP) is 2.09. The Morgan fingerprint density at radius 1 is 1.15 bits per heavy atom. The predicted molar refractivity (Wildman–Crippen MR) is 78.4 cm³/mol. The van der Waals surface area contributed by atoms with Gasteiger partial charge in [0.1, 0.15) is 6.33 Å². The van der Waals surface area contributed by atoms with Crippen molar-refractivity contribution in [2.45, 2.75) is 26.3 Å². The summed E-state index contributed by atoms with van der Waals surface area (Å²) >= 11 is 0. The van der Waals surface area contributed by atoms with Gasteiger partial charge in [-0.1, -0.05) is 29.8 Å². The Bertz CT molecular complexity index is 649. The van der Waals surface area contributed by atoms with Gasteiger partial charge in [-0.2, -0.15) is 15.1 Å². The van der Waals surface area contributed by atoms with E-state index >= 15 is 0 Å². The van der Waals surface area contributed by atoms with Crippen molar-refractivity contribution in [3.8, 4) is 0 Å². The van der Waals surface area contributed by atoms with E-state index in [1.165, 1.54) is 17.5 Å². The third kappa shape index (κ3) is 2.32. The Balaban J connectivity index is 1.97. The molecular formula is C14H16N6. The van der Waals surface area contributed by atoms with Crippen molar-refractivity contribution in [1.82, 2.24) is 15.0 Å². The Morgan fingerprint density at radius 2 is 1.90 bits per heavy atom. The second kappa shape index (κ2) is 4.88. The molecule has 1 unspecified atom stereocenters. The minimum absolute atomic E-state index is 0.109. The van der Waals surface area contributed by atoms with Gasteiger partial charge in [0.15, 0.2) is 0 Å². The number of aryl methyl sites for hydroxylation is 1. The molecule has 0 radical (unpaired) electrons. The first-order valence-corrected chi connectivity index (χ1v) is 6.48. The van der Waals surface area contributed by atoms with Crippen LogP contribution in [0.5, 0.6) is 0 Å². The summed E-state index contributed by atoms with van der Waals surface area (Å²) < 4.78 is 0. The van der Waals surface area contributed by atoms with Gasteiger partial charge in [0.05, 0.1) is 6.04 Å². The second-order valence-electron chi connectivity index (χ2n) is 4.95. The van der Waals surface area contributed by atoms with Crippen LogP contribution in [0, 0.1) is 6.92 Å². The van der Waals surface area contributed by atoms with E-state index in [0.717, 1.165) is 12.1 Å².